The number of carboxylic acid groups (broad SMARTS) is 1. The molecule has 1 fully saturated rings. The maximum absolute atomic E-state index is 10.8. The minimum Gasteiger partial charge on any atom is -0.481 e. The Morgan fingerprint density at radius 2 is 2.25 bits per heavy atom. The highest BCUT2D eigenvalue weighted by Gasteiger charge is 2.54. The average molecular weight is 223 g/mol. The second kappa shape index (κ2) is 3.75. The molecule has 2 rings (SSSR count). The molecule has 0 radical (unpaired) electrons. The smallest absolute Gasteiger partial charge is 0.333 e. The van der Waals surface area contributed by atoms with Crippen LogP contribution in [0.1, 0.15) is 18.5 Å². The SMILES string of the molecule is COc1cccc(C2(C(O)C(=O)O)CC2)n1. The third-order valence-electron chi connectivity index (χ3n) is 2.99. The highest BCUT2D eigenvalue weighted by molar-refractivity contribution is 5.75. The fraction of sp³-hybridized carbons (Fsp3) is 0.455. The predicted molar refractivity (Wildman–Crippen MR) is 55.3 cm³/mol. The molecule has 0 spiro atoms. The van der Waals surface area contributed by atoms with Crippen molar-refractivity contribution >= 4 is 5.97 Å². The first kappa shape index (κ1) is 10.9. The summed E-state index contributed by atoms with van der Waals surface area (Å²) in [5, 5.41) is 18.5. The van der Waals surface area contributed by atoms with Crippen molar-refractivity contribution < 1.29 is 19.7 Å². The molecule has 86 valence electrons. The van der Waals surface area contributed by atoms with Crippen molar-refractivity contribution in [2.24, 2.45) is 0 Å². The predicted octanol–water partition coefficient (Wildman–Crippen LogP) is 0.567. The molecule has 0 aliphatic heterocycles. The second-order valence-corrected chi connectivity index (χ2v) is 3.96. The summed E-state index contributed by atoms with van der Waals surface area (Å²) in [6.45, 7) is 0. The van der Waals surface area contributed by atoms with Gasteiger partial charge in [0.1, 0.15) is 0 Å². The van der Waals surface area contributed by atoms with E-state index in [0.717, 1.165) is 0 Å². The van der Waals surface area contributed by atoms with Crippen LogP contribution in [0.25, 0.3) is 0 Å². The van der Waals surface area contributed by atoms with Crippen LogP contribution in [0.4, 0.5) is 0 Å². The molecule has 1 aliphatic rings. The van der Waals surface area contributed by atoms with E-state index < -0.39 is 17.5 Å². The van der Waals surface area contributed by atoms with Crippen LogP contribution < -0.4 is 4.74 Å². The van der Waals surface area contributed by atoms with E-state index in [0.29, 0.717) is 24.4 Å². The van der Waals surface area contributed by atoms with Gasteiger partial charge < -0.3 is 14.9 Å². The van der Waals surface area contributed by atoms with E-state index in [2.05, 4.69) is 4.98 Å². The van der Waals surface area contributed by atoms with Gasteiger partial charge in [-0.25, -0.2) is 9.78 Å². The molecule has 1 saturated carbocycles. The van der Waals surface area contributed by atoms with Crippen molar-refractivity contribution in [3.05, 3.63) is 23.9 Å². The minimum atomic E-state index is -1.40. The number of aromatic nitrogens is 1. The molecule has 2 N–H and O–H groups in total. The summed E-state index contributed by atoms with van der Waals surface area (Å²) in [7, 11) is 1.50. The topological polar surface area (TPSA) is 79.7 Å². The Kier molecular flexibility index (Phi) is 2.55. The van der Waals surface area contributed by atoms with Gasteiger partial charge >= 0.3 is 5.97 Å². The van der Waals surface area contributed by atoms with Crippen LogP contribution in [-0.2, 0) is 10.2 Å². The van der Waals surface area contributed by atoms with Crippen molar-refractivity contribution in [1.82, 2.24) is 4.98 Å². The first-order valence-corrected chi connectivity index (χ1v) is 5.02. The van der Waals surface area contributed by atoms with Gasteiger partial charge in [0.05, 0.1) is 12.8 Å². The Morgan fingerprint density at radius 3 is 2.75 bits per heavy atom. The molecule has 1 aromatic heterocycles. The summed E-state index contributed by atoms with van der Waals surface area (Å²) >= 11 is 0. The first-order chi connectivity index (χ1) is 7.60. The Hall–Kier alpha value is -1.62. The van der Waals surface area contributed by atoms with E-state index in [4.69, 9.17) is 9.84 Å². The molecule has 0 bridgehead atoms. The number of hydrogen-bond acceptors (Lipinski definition) is 4. The number of carboxylic acids is 1. The number of aliphatic hydroxyl groups is 1. The lowest BCUT2D eigenvalue weighted by Gasteiger charge is -2.18. The lowest BCUT2D eigenvalue weighted by Crippen LogP contribution is -2.34. The zero-order chi connectivity index (χ0) is 11.8. The molecule has 16 heavy (non-hydrogen) atoms. The Bertz CT molecular complexity index is 414. The normalized spacial score (nSPS) is 18.9. The summed E-state index contributed by atoms with van der Waals surface area (Å²) in [6.07, 6.45) is -0.117. The number of nitrogens with zero attached hydrogens (tertiary/aromatic N) is 1. The largest absolute Gasteiger partial charge is 0.481 e. The van der Waals surface area contributed by atoms with E-state index >= 15 is 0 Å². The maximum atomic E-state index is 10.8. The highest BCUT2D eigenvalue weighted by atomic mass is 16.5. The first-order valence-electron chi connectivity index (χ1n) is 5.02. The molecule has 1 atom stereocenters. The number of aliphatic carboxylic acids is 1. The van der Waals surface area contributed by atoms with E-state index in [9.17, 15) is 9.90 Å². The standard InChI is InChI=1S/C11H13NO4/c1-16-8-4-2-3-7(12-8)11(5-6-11)9(13)10(14)15/h2-4,9,13H,5-6H2,1H3,(H,14,15). The molecule has 1 heterocycles. The molecular formula is C11H13NO4. The second-order valence-electron chi connectivity index (χ2n) is 3.96. The third kappa shape index (κ3) is 1.63. The van der Waals surface area contributed by atoms with Crippen LogP contribution in [0.2, 0.25) is 0 Å². The van der Waals surface area contributed by atoms with Gasteiger partial charge in [-0.2, -0.15) is 0 Å². The van der Waals surface area contributed by atoms with Crippen molar-refractivity contribution in [1.29, 1.82) is 0 Å². The van der Waals surface area contributed by atoms with Crippen molar-refractivity contribution in [3.8, 4) is 5.88 Å². The molecule has 0 aromatic carbocycles. The van der Waals surface area contributed by atoms with Crippen LogP contribution in [0.3, 0.4) is 0 Å². The van der Waals surface area contributed by atoms with Gasteiger partial charge in [0.25, 0.3) is 0 Å². The summed E-state index contributed by atoms with van der Waals surface area (Å²) in [4.78, 5) is 15.0. The Labute approximate surface area is 92.7 Å². The van der Waals surface area contributed by atoms with Crippen LogP contribution in [0.5, 0.6) is 5.88 Å². The van der Waals surface area contributed by atoms with Crippen molar-refractivity contribution in [3.63, 3.8) is 0 Å². The van der Waals surface area contributed by atoms with E-state index in [1.54, 1.807) is 18.2 Å². The van der Waals surface area contributed by atoms with E-state index in [1.807, 2.05) is 0 Å². The highest BCUT2D eigenvalue weighted by Crippen LogP contribution is 2.50. The molecule has 5 nitrogen and oxygen atoms in total. The fourth-order valence-electron chi connectivity index (χ4n) is 1.85. The summed E-state index contributed by atoms with van der Waals surface area (Å²) < 4.78 is 4.98. The number of aliphatic hydroxyl groups excluding tert-OH is 1. The Morgan fingerprint density at radius 1 is 1.56 bits per heavy atom. The average Bonchev–Trinajstić information content (AvgIpc) is 3.09. The van der Waals surface area contributed by atoms with Gasteiger partial charge in [-0.05, 0) is 18.9 Å². The van der Waals surface area contributed by atoms with Crippen LogP contribution in [0, 0.1) is 0 Å². The molecule has 5 heteroatoms. The molecular weight excluding hydrogens is 210 g/mol. The van der Waals surface area contributed by atoms with Gasteiger partial charge in [-0.15, -0.1) is 0 Å². The number of ether oxygens (including phenoxy) is 1. The van der Waals surface area contributed by atoms with Crippen LogP contribution in [-0.4, -0.2) is 34.4 Å². The van der Waals surface area contributed by atoms with Crippen molar-refractivity contribution in [2.45, 2.75) is 24.4 Å². The summed E-state index contributed by atoms with van der Waals surface area (Å²) in [5.74, 6) is -0.775. The fourth-order valence-corrected chi connectivity index (χ4v) is 1.85. The van der Waals surface area contributed by atoms with Gasteiger partial charge in [-0.3, -0.25) is 0 Å². The van der Waals surface area contributed by atoms with E-state index in [-0.39, 0.29) is 0 Å². The zero-order valence-electron chi connectivity index (χ0n) is 8.88. The van der Waals surface area contributed by atoms with Gasteiger partial charge in [0, 0.05) is 11.5 Å². The number of methoxy groups -OCH3 is 1. The lowest BCUT2D eigenvalue weighted by atomic mass is 9.94. The summed E-state index contributed by atoms with van der Waals surface area (Å²) in [6, 6.07) is 5.16. The number of carbonyl (C=O) groups is 1. The minimum absolute atomic E-state index is 0.432. The van der Waals surface area contributed by atoms with Gasteiger partial charge in [0.2, 0.25) is 5.88 Å². The van der Waals surface area contributed by atoms with E-state index in [1.165, 1.54) is 7.11 Å². The van der Waals surface area contributed by atoms with Crippen LogP contribution in [0.15, 0.2) is 18.2 Å². The quantitative estimate of drug-likeness (QED) is 0.780. The molecule has 1 aromatic rings. The number of rotatable bonds is 4. The lowest BCUT2D eigenvalue weighted by molar-refractivity contribution is -0.148. The van der Waals surface area contributed by atoms with Crippen LogP contribution >= 0.6 is 0 Å². The Balaban J connectivity index is 2.32. The monoisotopic (exact) mass is 223 g/mol. The zero-order valence-corrected chi connectivity index (χ0v) is 8.88. The maximum Gasteiger partial charge on any atom is 0.333 e. The molecule has 1 aliphatic carbocycles. The van der Waals surface area contributed by atoms with Gasteiger partial charge in [0.15, 0.2) is 6.10 Å². The molecule has 1 unspecified atom stereocenters. The van der Waals surface area contributed by atoms with Gasteiger partial charge in [-0.1, -0.05) is 6.07 Å². The summed E-state index contributed by atoms with van der Waals surface area (Å²) in [5.41, 5.74) is -0.137. The number of pyridine rings is 1. The number of hydrogen-bond donors (Lipinski definition) is 2. The van der Waals surface area contributed by atoms with Crippen molar-refractivity contribution in [2.75, 3.05) is 7.11 Å². The molecule has 0 saturated heterocycles. The third-order valence-corrected chi connectivity index (χ3v) is 2.99. The molecule has 0 amide bonds.